The van der Waals surface area contributed by atoms with E-state index < -0.39 is 11.9 Å². The molecule has 0 fully saturated rings. The van der Waals surface area contributed by atoms with Crippen molar-refractivity contribution in [3.63, 3.8) is 0 Å². The third kappa shape index (κ3) is 5.82. The number of pyridine rings is 1. The maximum Gasteiger partial charge on any atom is 0.243 e. The molecule has 138 valence electrons. The predicted octanol–water partition coefficient (Wildman–Crippen LogP) is 2.05. The van der Waals surface area contributed by atoms with Gasteiger partial charge < -0.3 is 21.1 Å². The summed E-state index contributed by atoms with van der Waals surface area (Å²) in [6.45, 7) is 3.46. The lowest BCUT2D eigenvalue weighted by Gasteiger charge is -2.15. The Morgan fingerprint density at radius 2 is 1.88 bits per heavy atom. The number of carbonyl (C=O) groups is 2. The minimum Gasteiger partial charge on any atom is -0.439 e. The first-order valence-corrected chi connectivity index (χ1v) is 8.08. The molecule has 0 bridgehead atoms. The van der Waals surface area contributed by atoms with E-state index in [4.69, 9.17) is 10.5 Å². The Morgan fingerprint density at radius 1 is 1.19 bits per heavy atom. The van der Waals surface area contributed by atoms with Gasteiger partial charge in [0.2, 0.25) is 17.7 Å². The molecule has 2 rings (SSSR count). The molecule has 1 aromatic heterocycles. The van der Waals surface area contributed by atoms with Crippen molar-refractivity contribution in [2.45, 2.75) is 19.9 Å². The number of rotatable bonds is 7. The molecule has 2 amide bonds. The minimum absolute atomic E-state index is 0.0177. The number of benzene rings is 1. The molecule has 4 N–H and O–H groups in total. The van der Waals surface area contributed by atoms with Gasteiger partial charge in [-0.15, -0.1) is 0 Å². The van der Waals surface area contributed by atoms with E-state index in [1.807, 2.05) is 13.8 Å². The average Bonchev–Trinajstić information content (AvgIpc) is 2.62. The van der Waals surface area contributed by atoms with Crippen LogP contribution in [-0.4, -0.2) is 29.4 Å². The zero-order valence-electron chi connectivity index (χ0n) is 14.5. The fraction of sp³-hybridized carbons (Fsp3) is 0.278. The van der Waals surface area contributed by atoms with E-state index >= 15 is 0 Å². The van der Waals surface area contributed by atoms with Gasteiger partial charge in [0.25, 0.3) is 0 Å². The van der Waals surface area contributed by atoms with E-state index in [9.17, 15) is 14.0 Å². The number of nitrogens with zero attached hydrogens (tertiary/aromatic N) is 1. The normalized spacial score (nSPS) is 11.7. The van der Waals surface area contributed by atoms with Gasteiger partial charge in [-0.05, 0) is 36.2 Å². The van der Waals surface area contributed by atoms with Gasteiger partial charge in [0, 0.05) is 6.07 Å². The molecule has 1 aromatic carbocycles. The predicted molar refractivity (Wildman–Crippen MR) is 95.2 cm³/mol. The lowest BCUT2D eigenvalue weighted by Crippen LogP contribution is -2.46. The van der Waals surface area contributed by atoms with Crippen molar-refractivity contribution in [1.82, 2.24) is 10.3 Å². The molecule has 0 saturated carbocycles. The summed E-state index contributed by atoms with van der Waals surface area (Å²) >= 11 is 0. The number of nitrogens with two attached hydrogens (primary N) is 1. The monoisotopic (exact) mass is 360 g/mol. The second-order valence-electron chi connectivity index (χ2n) is 5.98. The number of halogens is 1. The lowest BCUT2D eigenvalue weighted by molar-refractivity contribution is -0.125. The molecule has 0 unspecified atom stereocenters. The van der Waals surface area contributed by atoms with Crippen LogP contribution in [0, 0.1) is 11.7 Å². The Kier molecular flexibility index (Phi) is 6.62. The number of ether oxygens (including phenoxy) is 1. The lowest BCUT2D eigenvalue weighted by atomic mass is 10.1. The molecule has 0 aliphatic carbocycles. The summed E-state index contributed by atoms with van der Waals surface area (Å²) in [5.74, 6) is -0.411. The van der Waals surface area contributed by atoms with Gasteiger partial charge in [-0.2, -0.15) is 0 Å². The number of hydrogen-bond donors (Lipinski definition) is 3. The quantitative estimate of drug-likeness (QED) is 0.701. The van der Waals surface area contributed by atoms with Crippen LogP contribution in [0.4, 0.5) is 10.1 Å². The molecule has 2 aromatic rings. The maximum atomic E-state index is 12.9. The van der Waals surface area contributed by atoms with Gasteiger partial charge in [-0.3, -0.25) is 9.59 Å². The van der Waals surface area contributed by atoms with Gasteiger partial charge in [0.1, 0.15) is 11.6 Å². The van der Waals surface area contributed by atoms with Crippen LogP contribution in [0.1, 0.15) is 13.8 Å². The molecular weight excluding hydrogens is 339 g/mol. The summed E-state index contributed by atoms with van der Waals surface area (Å²) in [5, 5.41) is 5.08. The van der Waals surface area contributed by atoms with Gasteiger partial charge in [-0.25, -0.2) is 9.37 Å². The first kappa shape index (κ1) is 19.3. The Labute approximate surface area is 150 Å². The van der Waals surface area contributed by atoms with Crippen molar-refractivity contribution in [2.75, 3.05) is 11.9 Å². The summed E-state index contributed by atoms with van der Waals surface area (Å²) in [4.78, 5) is 27.6. The van der Waals surface area contributed by atoms with E-state index in [-0.39, 0.29) is 24.2 Å². The molecule has 1 atom stereocenters. The van der Waals surface area contributed by atoms with Crippen molar-refractivity contribution < 1.29 is 18.7 Å². The first-order chi connectivity index (χ1) is 12.3. The highest BCUT2D eigenvalue weighted by molar-refractivity contribution is 5.95. The molecule has 0 spiro atoms. The Bertz CT molecular complexity index is 748. The molecule has 7 nitrogen and oxygen atoms in total. The number of carbonyl (C=O) groups excluding carboxylic acids is 2. The van der Waals surface area contributed by atoms with E-state index in [0.717, 1.165) is 0 Å². The second kappa shape index (κ2) is 8.91. The zero-order valence-corrected chi connectivity index (χ0v) is 14.5. The van der Waals surface area contributed by atoms with Gasteiger partial charge >= 0.3 is 0 Å². The van der Waals surface area contributed by atoms with E-state index in [0.29, 0.717) is 17.3 Å². The number of nitrogens with one attached hydrogen (secondary N) is 2. The van der Waals surface area contributed by atoms with Crippen molar-refractivity contribution in [1.29, 1.82) is 0 Å². The van der Waals surface area contributed by atoms with Crippen molar-refractivity contribution >= 4 is 17.5 Å². The topological polar surface area (TPSA) is 106 Å². The molecule has 8 heteroatoms. The summed E-state index contributed by atoms with van der Waals surface area (Å²) in [5.41, 5.74) is 6.15. The molecule has 0 radical (unpaired) electrons. The molecular formula is C18H21FN4O3. The van der Waals surface area contributed by atoms with E-state index in [2.05, 4.69) is 15.6 Å². The summed E-state index contributed by atoms with van der Waals surface area (Å²) in [7, 11) is 0. The van der Waals surface area contributed by atoms with E-state index in [1.165, 1.54) is 30.5 Å². The Morgan fingerprint density at radius 3 is 2.46 bits per heavy atom. The first-order valence-electron chi connectivity index (χ1n) is 8.08. The van der Waals surface area contributed by atoms with Crippen LogP contribution in [0.5, 0.6) is 11.6 Å². The number of amides is 2. The third-order valence-corrected chi connectivity index (χ3v) is 3.50. The molecule has 0 saturated heterocycles. The van der Waals surface area contributed by atoms with Crippen LogP contribution in [-0.2, 0) is 9.59 Å². The smallest absolute Gasteiger partial charge is 0.243 e. The van der Waals surface area contributed by atoms with Crippen molar-refractivity contribution in [3.05, 3.63) is 48.4 Å². The molecule has 26 heavy (non-hydrogen) atoms. The minimum atomic E-state index is -0.660. The van der Waals surface area contributed by atoms with Crippen LogP contribution in [0.15, 0.2) is 42.6 Å². The van der Waals surface area contributed by atoms with E-state index in [1.54, 1.807) is 12.1 Å². The summed E-state index contributed by atoms with van der Waals surface area (Å²) in [6, 6.07) is 8.03. The zero-order chi connectivity index (χ0) is 19.1. The summed E-state index contributed by atoms with van der Waals surface area (Å²) < 4.78 is 18.3. The van der Waals surface area contributed by atoms with Crippen LogP contribution < -0.4 is 21.1 Å². The number of hydrogen-bond acceptors (Lipinski definition) is 5. The third-order valence-electron chi connectivity index (χ3n) is 3.50. The number of aromatic nitrogens is 1. The fourth-order valence-corrected chi connectivity index (χ4v) is 1.93. The highest BCUT2D eigenvalue weighted by atomic mass is 19.1. The van der Waals surface area contributed by atoms with Crippen molar-refractivity contribution in [3.8, 4) is 11.6 Å². The molecule has 1 heterocycles. The number of anilines is 1. The highest BCUT2D eigenvalue weighted by Crippen LogP contribution is 2.20. The fourth-order valence-electron chi connectivity index (χ4n) is 1.93. The van der Waals surface area contributed by atoms with Crippen LogP contribution in [0.25, 0.3) is 0 Å². The standard InChI is InChI=1S/C18H21FN4O3/c1-11(2)17(20)18(25)22-10-15(24)23-13-5-8-16(21-9-13)26-14-6-3-12(19)4-7-14/h3-9,11,17H,10,20H2,1-2H3,(H,22,25)(H,23,24)/t17-/m0/s1. The second-order valence-corrected chi connectivity index (χ2v) is 5.98. The SMILES string of the molecule is CC(C)[C@H](N)C(=O)NCC(=O)Nc1ccc(Oc2ccc(F)cc2)nc1. The van der Waals surface area contributed by atoms with Gasteiger partial charge in [0.15, 0.2) is 0 Å². The Balaban J connectivity index is 1.83. The van der Waals surface area contributed by atoms with Gasteiger partial charge in [-0.1, -0.05) is 13.8 Å². The highest BCUT2D eigenvalue weighted by Gasteiger charge is 2.17. The maximum absolute atomic E-state index is 12.9. The van der Waals surface area contributed by atoms with Crippen molar-refractivity contribution in [2.24, 2.45) is 11.7 Å². The average molecular weight is 360 g/mol. The molecule has 0 aliphatic heterocycles. The van der Waals surface area contributed by atoms with Crippen LogP contribution in [0.3, 0.4) is 0 Å². The van der Waals surface area contributed by atoms with Gasteiger partial charge in [0.05, 0.1) is 24.5 Å². The Hall–Kier alpha value is -3.00. The summed E-state index contributed by atoms with van der Waals surface area (Å²) in [6.07, 6.45) is 1.42. The van der Waals surface area contributed by atoms with Crippen LogP contribution in [0.2, 0.25) is 0 Å². The van der Waals surface area contributed by atoms with Crippen LogP contribution >= 0.6 is 0 Å². The molecule has 0 aliphatic rings. The largest absolute Gasteiger partial charge is 0.439 e.